The second-order valence-corrected chi connectivity index (χ2v) is 7.15. The summed E-state index contributed by atoms with van der Waals surface area (Å²) in [5.41, 5.74) is 1.04. The third kappa shape index (κ3) is 2.85. The third-order valence-corrected chi connectivity index (χ3v) is 5.73. The standard InChI is InChI=1S/C18H20N2O2S/c21-18(15-7-10-22-16-6-2-1-5-14(15)16)20-9-3-4-13(12-20)17-19-8-11-23-17/h1-2,5-6,8,11,13,15H,3-4,7,9-10,12H2/t13-,15-/m1/s1. The van der Waals surface area contributed by atoms with Crippen LogP contribution in [0.2, 0.25) is 0 Å². The minimum atomic E-state index is -0.0602. The first-order valence-corrected chi connectivity index (χ1v) is 9.11. The van der Waals surface area contributed by atoms with Crippen LogP contribution in [-0.4, -0.2) is 35.5 Å². The number of likely N-dealkylation sites (tertiary alicyclic amines) is 1. The number of piperidine rings is 1. The van der Waals surface area contributed by atoms with Gasteiger partial charge in [0.15, 0.2) is 0 Å². The van der Waals surface area contributed by atoms with Crippen molar-refractivity contribution in [2.24, 2.45) is 0 Å². The Kier molecular flexibility index (Phi) is 4.04. The van der Waals surface area contributed by atoms with Crippen LogP contribution in [0.5, 0.6) is 5.75 Å². The van der Waals surface area contributed by atoms with E-state index in [0.29, 0.717) is 12.5 Å². The first kappa shape index (κ1) is 14.7. The highest BCUT2D eigenvalue weighted by atomic mass is 32.1. The number of amides is 1. The zero-order valence-electron chi connectivity index (χ0n) is 13.0. The minimum absolute atomic E-state index is 0.0602. The molecular formula is C18H20N2O2S. The van der Waals surface area contributed by atoms with Gasteiger partial charge in [-0.15, -0.1) is 11.3 Å². The molecule has 0 spiro atoms. The van der Waals surface area contributed by atoms with Gasteiger partial charge in [0.2, 0.25) is 5.91 Å². The van der Waals surface area contributed by atoms with Crippen LogP contribution in [0.1, 0.15) is 41.7 Å². The maximum Gasteiger partial charge on any atom is 0.230 e. The number of thiazole rings is 1. The molecule has 0 aliphatic carbocycles. The van der Waals surface area contributed by atoms with Crippen molar-refractivity contribution in [2.45, 2.75) is 31.1 Å². The van der Waals surface area contributed by atoms with Gasteiger partial charge in [-0.1, -0.05) is 18.2 Å². The van der Waals surface area contributed by atoms with Gasteiger partial charge in [0.05, 0.1) is 17.5 Å². The van der Waals surface area contributed by atoms with Crippen molar-refractivity contribution in [1.29, 1.82) is 0 Å². The Bertz CT molecular complexity index is 686. The lowest BCUT2D eigenvalue weighted by molar-refractivity contribution is -0.134. The molecule has 0 bridgehead atoms. The van der Waals surface area contributed by atoms with E-state index < -0.39 is 0 Å². The summed E-state index contributed by atoms with van der Waals surface area (Å²) in [6.07, 6.45) is 4.81. The molecule has 1 fully saturated rings. The summed E-state index contributed by atoms with van der Waals surface area (Å²) in [5.74, 6) is 1.45. The molecule has 0 saturated carbocycles. The van der Waals surface area contributed by atoms with Gasteiger partial charge in [-0.05, 0) is 25.3 Å². The van der Waals surface area contributed by atoms with E-state index >= 15 is 0 Å². The van der Waals surface area contributed by atoms with Crippen LogP contribution in [0.4, 0.5) is 0 Å². The maximum atomic E-state index is 13.1. The quantitative estimate of drug-likeness (QED) is 0.848. The van der Waals surface area contributed by atoms with Crippen LogP contribution in [0, 0.1) is 0 Å². The fourth-order valence-electron chi connectivity index (χ4n) is 3.63. The van der Waals surface area contributed by atoms with Crippen LogP contribution in [0.25, 0.3) is 0 Å². The van der Waals surface area contributed by atoms with Gasteiger partial charge in [-0.3, -0.25) is 4.79 Å². The number of benzene rings is 1. The summed E-state index contributed by atoms with van der Waals surface area (Å²) in [7, 11) is 0. The predicted octanol–water partition coefficient (Wildman–Crippen LogP) is 3.42. The van der Waals surface area contributed by atoms with E-state index in [2.05, 4.69) is 4.98 Å². The second-order valence-electron chi connectivity index (χ2n) is 6.22. The molecule has 1 aromatic carbocycles. The summed E-state index contributed by atoms with van der Waals surface area (Å²) in [5, 5.41) is 3.18. The van der Waals surface area contributed by atoms with Crippen LogP contribution in [0.3, 0.4) is 0 Å². The molecule has 2 atom stereocenters. The fraction of sp³-hybridized carbons (Fsp3) is 0.444. The van der Waals surface area contributed by atoms with E-state index in [1.54, 1.807) is 11.3 Å². The van der Waals surface area contributed by atoms with Gasteiger partial charge in [0.1, 0.15) is 5.75 Å². The van der Waals surface area contributed by atoms with Gasteiger partial charge in [0.25, 0.3) is 0 Å². The number of rotatable bonds is 2. The van der Waals surface area contributed by atoms with E-state index in [-0.39, 0.29) is 11.8 Å². The smallest absolute Gasteiger partial charge is 0.230 e. The number of carbonyl (C=O) groups excluding carboxylic acids is 1. The van der Waals surface area contributed by atoms with Crippen molar-refractivity contribution in [2.75, 3.05) is 19.7 Å². The molecule has 0 radical (unpaired) electrons. The highest BCUT2D eigenvalue weighted by Crippen LogP contribution is 2.36. The zero-order chi connectivity index (χ0) is 15.6. The summed E-state index contributed by atoms with van der Waals surface area (Å²) in [6.45, 7) is 2.28. The molecule has 2 aromatic rings. The van der Waals surface area contributed by atoms with E-state index in [4.69, 9.17) is 4.74 Å². The summed E-state index contributed by atoms with van der Waals surface area (Å²) in [4.78, 5) is 19.6. The molecule has 0 unspecified atom stereocenters. The monoisotopic (exact) mass is 328 g/mol. The molecular weight excluding hydrogens is 308 g/mol. The van der Waals surface area contributed by atoms with E-state index in [1.165, 1.54) is 0 Å². The number of hydrogen-bond donors (Lipinski definition) is 0. The van der Waals surface area contributed by atoms with Crippen molar-refractivity contribution in [3.05, 3.63) is 46.4 Å². The van der Waals surface area contributed by atoms with Crippen molar-refractivity contribution < 1.29 is 9.53 Å². The van der Waals surface area contributed by atoms with Gasteiger partial charge in [-0.2, -0.15) is 0 Å². The van der Waals surface area contributed by atoms with Crippen LogP contribution in [-0.2, 0) is 4.79 Å². The topological polar surface area (TPSA) is 42.4 Å². The SMILES string of the molecule is O=C([C@@H]1CCOc2ccccc21)N1CCC[C@@H](c2nccs2)C1. The first-order chi connectivity index (χ1) is 11.3. The Hall–Kier alpha value is -1.88. The molecule has 23 heavy (non-hydrogen) atoms. The highest BCUT2D eigenvalue weighted by Gasteiger charge is 2.33. The number of aromatic nitrogens is 1. The number of fused-ring (bicyclic) bond motifs is 1. The molecule has 120 valence electrons. The zero-order valence-corrected chi connectivity index (χ0v) is 13.8. The van der Waals surface area contributed by atoms with Crippen molar-refractivity contribution >= 4 is 17.2 Å². The maximum absolute atomic E-state index is 13.1. The Balaban J connectivity index is 1.53. The van der Waals surface area contributed by atoms with Crippen molar-refractivity contribution in [3.63, 3.8) is 0 Å². The number of ether oxygens (including phenoxy) is 1. The highest BCUT2D eigenvalue weighted by molar-refractivity contribution is 7.09. The first-order valence-electron chi connectivity index (χ1n) is 8.23. The number of carbonyl (C=O) groups is 1. The molecule has 2 aliphatic rings. The average Bonchev–Trinajstić information content (AvgIpc) is 3.15. The van der Waals surface area contributed by atoms with E-state index in [1.807, 2.05) is 40.7 Å². The molecule has 1 aromatic heterocycles. The molecule has 5 heteroatoms. The van der Waals surface area contributed by atoms with E-state index in [9.17, 15) is 4.79 Å². The predicted molar refractivity (Wildman–Crippen MR) is 90.0 cm³/mol. The molecule has 4 rings (SSSR count). The average molecular weight is 328 g/mol. The number of hydrogen-bond acceptors (Lipinski definition) is 4. The molecule has 1 saturated heterocycles. The Morgan fingerprint density at radius 1 is 1.30 bits per heavy atom. The largest absolute Gasteiger partial charge is 0.493 e. The van der Waals surface area contributed by atoms with Gasteiger partial charge in [-0.25, -0.2) is 4.98 Å². The summed E-state index contributed by atoms with van der Waals surface area (Å²) in [6, 6.07) is 7.94. The number of nitrogens with zero attached hydrogens (tertiary/aromatic N) is 2. The molecule has 4 nitrogen and oxygen atoms in total. The minimum Gasteiger partial charge on any atom is -0.493 e. The molecule has 3 heterocycles. The van der Waals surface area contributed by atoms with Crippen LogP contribution in [0.15, 0.2) is 35.8 Å². The second kappa shape index (κ2) is 6.32. The van der Waals surface area contributed by atoms with Gasteiger partial charge >= 0.3 is 0 Å². The van der Waals surface area contributed by atoms with Crippen molar-refractivity contribution in [1.82, 2.24) is 9.88 Å². The lowest BCUT2D eigenvalue weighted by Crippen LogP contribution is -2.42. The fourth-order valence-corrected chi connectivity index (χ4v) is 4.40. The summed E-state index contributed by atoms with van der Waals surface area (Å²) < 4.78 is 5.69. The van der Waals surface area contributed by atoms with Crippen molar-refractivity contribution in [3.8, 4) is 5.75 Å². The van der Waals surface area contributed by atoms with Crippen LogP contribution < -0.4 is 4.74 Å². The third-order valence-electron chi connectivity index (χ3n) is 4.79. The Labute approximate surface area is 140 Å². The van der Waals surface area contributed by atoms with Gasteiger partial charge < -0.3 is 9.64 Å². The molecule has 2 aliphatic heterocycles. The normalized spacial score (nSPS) is 23.9. The lowest BCUT2D eigenvalue weighted by atomic mass is 9.90. The Morgan fingerprint density at radius 2 is 2.22 bits per heavy atom. The van der Waals surface area contributed by atoms with Gasteiger partial charge in [0, 0.05) is 36.1 Å². The van der Waals surface area contributed by atoms with Crippen LogP contribution >= 0.6 is 11.3 Å². The number of para-hydroxylation sites is 1. The van der Waals surface area contributed by atoms with E-state index in [0.717, 1.165) is 48.7 Å². The molecule has 0 N–H and O–H groups in total. The molecule has 1 amide bonds. The Morgan fingerprint density at radius 3 is 3.09 bits per heavy atom. The summed E-state index contributed by atoms with van der Waals surface area (Å²) >= 11 is 1.70. The lowest BCUT2D eigenvalue weighted by Gasteiger charge is -2.35.